The summed E-state index contributed by atoms with van der Waals surface area (Å²) in [7, 11) is 1.93. The van der Waals surface area contributed by atoms with E-state index in [0.717, 1.165) is 26.1 Å². The zero-order valence-corrected chi connectivity index (χ0v) is 17.3. The molecule has 148 valence electrons. The highest BCUT2D eigenvalue weighted by Gasteiger charge is 2.13. The standard InChI is InChI=1S/C10H20N2O.C6H10O2.C3H9N/c1-5-9(11-10(13)6-2)12(7-3)8-4;1-4-8-6(7)5(2)3;1-3-4-2/h6,9H,2,5,7-8H2,1,3-4H3,(H,11,13);2,4H2,1,3H3;4H,3H2,1-2H3. The van der Waals surface area contributed by atoms with Crippen LogP contribution in [0.25, 0.3) is 0 Å². The Balaban J connectivity index is -0.000000342. The smallest absolute Gasteiger partial charge is 0.333 e. The van der Waals surface area contributed by atoms with Crippen LogP contribution in [0.3, 0.4) is 0 Å². The molecule has 0 radical (unpaired) electrons. The molecular formula is C19H39N3O3. The zero-order chi connectivity index (χ0) is 20.3. The van der Waals surface area contributed by atoms with Gasteiger partial charge in [-0.2, -0.15) is 0 Å². The second-order valence-electron chi connectivity index (χ2n) is 5.07. The van der Waals surface area contributed by atoms with Crippen LogP contribution >= 0.6 is 0 Å². The fourth-order valence-corrected chi connectivity index (χ4v) is 1.59. The van der Waals surface area contributed by atoms with Gasteiger partial charge in [0.15, 0.2) is 0 Å². The van der Waals surface area contributed by atoms with Crippen molar-refractivity contribution >= 4 is 11.9 Å². The predicted octanol–water partition coefficient (Wildman–Crippen LogP) is 2.72. The molecule has 6 nitrogen and oxygen atoms in total. The van der Waals surface area contributed by atoms with Gasteiger partial charge in [0.2, 0.25) is 5.91 Å². The fraction of sp³-hybridized carbons (Fsp3) is 0.684. The molecule has 0 rings (SSSR count). The molecule has 0 heterocycles. The number of hydrogen-bond donors (Lipinski definition) is 2. The van der Waals surface area contributed by atoms with Crippen molar-refractivity contribution in [2.45, 2.75) is 54.1 Å². The van der Waals surface area contributed by atoms with Gasteiger partial charge in [0.25, 0.3) is 0 Å². The van der Waals surface area contributed by atoms with Crippen LogP contribution in [0.1, 0.15) is 48.0 Å². The van der Waals surface area contributed by atoms with Crippen LogP contribution in [0.4, 0.5) is 0 Å². The number of amides is 1. The van der Waals surface area contributed by atoms with Gasteiger partial charge in [0.1, 0.15) is 0 Å². The van der Waals surface area contributed by atoms with Gasteiger partial charge in [-0.1, -0.05) is 40.9 Å². The molecule has 0 aromatic carbocycles. The number of carbonyl (C=O) groups excluding carboxylic acids is 2. The van der Waals surface area contributed by atoms with Crippen molar-refractivity contribution in [3.8, 4) is 0 Å². The molecule has 0 bridgehead atoms. The van der Waals surface area contributed by atoms with Gasteiger partial charge < -0.3 is 15.4 Å². The van der Waals surface area contributed by atoms with Gasteiger partial charge in [0, 0.05) is 5.57 Å². The van der Waals surface area contributed by atoms with E-state index in [-0.39, 0.29) is 18.0 Å². The molecule has 0 aliphatic carbocycles. The van der Waals surface area contributed by atoms with Gasteiger partial charge in [-0.15, -0.1) is 0 Å². The van der Waals surface area contributed by atoms with Crippen molar-refractivity contribution in [2.24, 2.45) is 0 Å². The molecule has 0 aliphatic heterocycles. The normalized spacial score (nSPS) is 10.4. The van der Waals surface area contributed by atoms with Crippen molar-refractivity contribution in [2.75, 3.05) is 33.3 Å². The Labute approximate surface area is 154 Å². The highest BCUT2D eigenvalue weighted by Crippen LogP contribution is 1.99. The SMILES string of the molecule is C=C(C)C(=O)OCC.C=CC(=O)NC(CC)N(CC)CC.CCNC. The molecular weight excluding hydrogens is 318 g/mol. The Hall–Kier alpha value is -1.66. The fourth-order valence-electron chi connectivity index (χ4n) is 1.59. The average Bonchev–Trinajstić information content (AvgIpc) is 2.62. The molecule has 0 fully saturated rings. The summed E-state index contributed by atoms with van der Waals surface area (Å²) in [6.45, 7) is 21.9. The zero-order valence-electron chi connectivity index (χ0n) is 17.3. The molecule has 0 aromatic heterocycles. The summed E-state index contributed by atoms with van der Waals surface area (Å²) < 4.78 is 4.56. The van der Waals surface area contributed by atoms with Crippen LogP contribution in [0.2, 0.25) is 0 Å². The number of nitrogens with zero attached hydrogens (tertiary/aromatic N) is 1. The Morgan fingerprint density at radius 2 is 1.64 bits per heavy atom. The monoisotopic (exact) mass is 357 g/mol. The first-order chi connectivity index (χ1) is 11.8. The lowest BCUT2D eigenvalue weighted by molar-refractivity contribution is -0.138. The topological polar surface area (TPSA) is 70.7 Å². The van der Waals surface area contributed by atoms with Crippen molar-refractivity contribution in [3.63, 3.8) is 0 Å². The summed E-state index contributed by atoms with van der Waals surface area (Å²) in [5.74, 6) is -0.411. The Bertz CT molecular complexity index is 365. The van der Waals surface area contributed by atoms with Crippen LogP contribution in [0.15, 0.2) is 24.8 Å². The van der Waals surface area contributed by atoms with Crippen LogP contribution in [0, 0.1) is 0 Å². The minimum atomic E-state index is -0.312. The molecule has 0 spiro atoms. The van der Waals surface area contributed by atoms with Gasteiger partial charge >= 0.3 is 5.97 Å². The van der Waals surface area contributed by atoms with Crippen LogP contribution in [-0.2, 0) is 14.3 Å². The van der Waals surface area contributed by atoms with Crippen molar-refractivity contribution in [1.82, 2.24) is 15.5 Å². The van der Waals surface area contributed by atoms with Crippen LogP contribution < -0.4 is 10.6 Å². The third kappa shape index (κ3) is 18.5. The van der Waals surface area contributed by atoms with E-state index in [2.05, 4.69) is 61.1 Å². The van der Waals surface area contributed by atoms with Crippen LogP contribution in [-0.4, -0.2) is 56.2 Å². The minimum absolute atomic E-state index is 0.0984. The number of ether oxygens (including phenoxy) is 1. The van der Waals surface area contributed by atoms with E-state index in [0.29, 0.717) is 12.2 Å². The number of nitrogens with one attached hydrogen (secondary N) is 2. The first kappa shape index (κ1) is 28.2. The summed E-state index contributed by atoms with van der Waals surface area (Å²) in [6, 6.07) is 0. The molecule has 0 saturated heterocycles. The maximum Gasteiger partial charge on any atom is 0.333 e. The largest absolute Gasteiger partial charge is 0.463 e. The highest BCUT2D eigenvalue weighted by molar-refractivity contribution is 5.87. The summed E-state index contributed by atoms with van der Waals surface area (Å²) in [5, 5.41) is 5.82. The second-order valence-corrected chi connectivity index (χ2v) is 5.07. The molecule has 1 atom stereocenters. The maximum atomic E-state index is 11.1. The third-order valence-corrected chi connectivity index (χ3v) is 3.11. The van der Waals surface area contributed by atoms with Crippen molar-refractivity contribution in [1.29, 1.82) is 0 Å². The predicted molar refractivity (Wildman–Crippen MR) is 106 cm³/mol. The van der Waals surface area contributed by atoms with E-state index in [1.54, 1.807) is 13.8 Å². The maximum absolute atomic E-state index is 11.1. The second kappa shape index (κ2) is 20.4. The number of esters is 1. The van der Waals surface area contributed by atoms with E-state index in [9.17, 15) is 9.59 Å². The number of hydrogen-bond acceptors (Lipinski definition) is 5. The molecule has 1 unspecified atom stereocenters. The summed E-state index contributed by atoms with van der Waals surface area (Å²) >= 11 is 0. The van der Waals surface area contributed by atoms with E-state index in [1.807, 2.05) is 7.05 Å². The first-order valence-corrected chi connectivity index (χ1v) is 8.93. The van der Waals surface area contributed by atoms with Gasteiger partial charge in [0.05, 0.1) is 12.8 Å². The molecule has 1 amide bonds. The Kier molecular flexibility index (Phi) is 23.0. The molecule has 2 N–H and O–H groups in total. The third-order valence-electron chi connectivity index (χ3n) is 3.11. The lowest BCUT2D eigenvalue weighted by Gasteiger charge is -2.28. The quantitative estimate of drug-likeness (QED) is 0.377. The lowest BCUT2D eigenvalue weighted by atomic mass is 10.3. The van der Waals surface area contributed by atoms with E-state index >= 15 is 0 Å². The summed E-state index contributed by atoms with van der Waals surface area (Å²) in [5.41, 5.74) is 0.451. The molecule has 6 heteroatoms. The molecule has 0 aromatic rings. The minimum Gasteiger partial charge on any atom is -0.463 e. The summed E-state index contributed by atoms with van der Waals surface area (Å²) in [4.78, 5) is 23.7. The highest BCUT2D eigenvalue weighted by atomic mass is 16.5. The first-order valence-electron chi connectivity index (χ1n) is 8.93. The van der Waals surface area contributed by atoms with Crippen LogP contribution in [0.5, 0.6) is 0 Å². The molecule has 0 aliphatic rings. The van der Waals surface area contributed by atoms with E-state index in [4.69, 9.17) is 0 Å². The van der Waals surface area contributed by atoms with E-state index in [1.165, 1.54) is 6.08 Å². The number of carbonyl (C=O) groups is 2. The molecule has 0 saturated carbocycles. The van der Waals surface area contributed by atoms with E-state index < -0.39 is 0 Å². The van der Waals surface area contributed by atoms with Crippen molar-refractivity contribution in [3.05, 3.63) is 24.8 Å². The Morgan fingerprint density at radius 1 is 1.16 bits per heavy atom. The Morgan fingerprint density at radius 3 is 1.84 bits per heavy atom. The average molecular weight is 358 g/mol. The van der Waals surface area contributed by atoms with Gasteiger partial charge in [-0.3, -0.25) is 9.69 Å². The summed E-state index contributed by atoms with van der Waals surface area (Å²) in [6.07, 6.45) is 2.37. The molecule has 25 heavy (non-hydrogen) atoms. The van der Waals surface area contributed by atoms with Gasteiger partial charge in [-0.25, -0.2) is 4.79 Å². The number of rotatable bonds is 9. The van der Waals surface area contributed by atoms with Crippen molar-refractivity contribution < 1.29 is 14.3 Å². The van der Waals surface area contributed by atoms with Gasteiger partial charge in [-0.05, 0) is 53.0 Å². The lowest BCUT2D eigenvalue weighted by Crippen LogP contribution is -2.47.